The molecule has 1 aliphatic rings. The van der Waals surface area contributed by atoms with E-state index in [-0.39, 0.29) is 5.91 Å². The summed E-state index contributed by atoms with van der Waals surface area (Å²) in [5.74, 6) is 0.208. The molecule has 3 rings (SSSR count). The third-order valence-electron chi connectivity index (χ3n) is 4.31. The van der Waals surface area contributed by atoms with Gasteiger partial charge in [-0.15, -0.1) is 0 Å². The van der Waals surface area contributed by atoms with Crippen molar-refractivity contribution < 1.29 is 4.79 Å². The minimum Gasteiger partial charge on any atom is -0.336 e. The highest BCUT2D eigenvalue weighted by Crippen LogP contribution is 2.13. The molecule has 1 aliphatic heterocycles. The van der Waals surface area contributed by atoms with E-state index in [4.69, 9.17) is 0 Å². The number of aromatic nitrogens is 2. The average Bonchev–Trinajstić information content (AvgIpc) is 3.00. The Morgan fingerprint density at radius 1 is 1.09 bits per heavy atom. The summed E-state index contributed by atoms with van der Waals surface area (Å²) < 4.78 is 1.92. The van der Waals surface area contributed by atoms with Gasteiger partial charge in [0.05, 0.1) is 12.7 Å². The molecule has 0 unspecified atom stereocenters. The molecule has 1 aromatic heterocycles. The maximum Gasteiger partial charge on any atom is 0.237 e. The third-order valence-corrected chi connectivity index (χ3v) is 4.31. The summed E-state index contributed by atoms with van der Waals surface area (Å²) in [5, 5.41) is 4.29. The summed E-state index contributed by atoms with van der Waals surface area (Å²) in [7, 11) is 0. The maximum absolute atomic E-state index is 12.4. The van der Waals surface area contributed by atoms with Crippen LogP contribution < -0.4 is 0 Å². The van der Waals surface area contributed by atoms with Gasteiger partial charge in [0, 0.05) is 44.5 Å². The maximum atomic E-state index is 12.4. The van der Waals surface area contributed by atoms with Crippen LogP contribution in [0, 0.1) is 6.92 Å². The van der Waals surface area contributed by atoms with Crippen molar-refractivity contribution in [1.29, 1.82) is 0 Å². The molecule has 2 aromatic rings. The van der Waals surface area contributed by atoms with Crippen LogP contribution in [0.5, 0.6) is 0 Å². The zero-order valence-corrected chi connectivity index (χ0v) is 13.9. The highest BCUT2D eigenvalue weighted by Gasteiger charge is 2.24. The number of benzene rings is 1. The Morgan fingerprint density at radius 2 is 1.87 bits per heavy atom. The van der Waals surface area contributed by atoms with Crippen LogP contribution in [0.4, 0.5) is 0 Å². The second-order valence-electron chi connectivity index (χ2n) is 6.22. The van der Waals surface area contributed by atoms with Gasteiger partial charge in [0.2, 0.25) is 5.91 Å². The van der Waals surface area contributed by atoms with Crippen molar-refractivity contribution in [1.82, 2.24) is 19.6 Å². The normalized spacial score (nSPS) is 16.1. The number of hydrogen-bond donors (Lipinski definition) is 0. The first kappa shape index (κ1) is 15.7. The van der Waals surface area contributed by atoms with Crippen molar-refractivity contribution in [3.63, 3.8) is 0 Å². The lowest BCUT2D eigenvalue weighted by Crippen LogP contribution is -2.49. The SMILES string of the molecule is CCn1cc(CN2CCN(Cc3ccc(C)cc3)C(=O)C2)cn1. The molecule has 5 heteroatoms. The van der Waals surface area contributed by atoms with Crippen LogP contribution in [0.1, 0.15) is 23.6 Å². The fourth-order valence-corrected chi connectivity index (χ4v) is 2.89. The van der Waals surface area contributed by atoms with Crippen LogP contribution in [0.15, 0.2) is 36.7 Å². The lowest BCUT2D eigenvalue weighted by Gasteiger charge is -2.34. The van der Waals surface area contributed by atoms with Crippen molar-refractivity contribution in [3.8, 4) is 0 Å². The number of aryl methyl sites for hydroxylation is 2. The number of carbonyl (C=O) groups is 1. The standard InChI is InChI=1S/C18H24N4O/c1-3-22-13-17(10-19-22)11-20-8-9-21(18(23)14-20)12-16-6-4-15(2)5-7-16/h4-7,10,13H,3,8-9,11-12,14H2,1-2H3. The van der Waals surface area contributed by atoms with E-state index in [1.807, 2.05) is 15.8 Å². The molecule has 0 bridgehead atoms. The quantitative estimate of drug-likeness (QED) is 0.848. The zero-order chi connectivity index (χ0) is 16.2. The molecule has 1 aromatic carbocycles. The number of carbonyl (C=O) groups excluding carboxylic acids is 1. The largest absolute Gasteiger partial charge is 0.336 e. The first-order chi connectivity index (χ1) is 11.1. The van der Waals surface area contributed by atoms with Crippen LogP contribution in [0.2, 0.25) is 0 Å². The Bertz CT molecular complexity index is 662. The summed E-state index contributed by atoms with van der Waals surface area (Å²) in [6.07, 6.45) is 3.95. The number of rotatable bonds is 5. The number of hydrogen-bond acceptors (Lipinski definition) is 3. The van der Waals surface area contributed by atoms with E-state index in [9.17, 15) is 4.79 Å². The Balaban J connectivity index is 1.54. The van der Waals surface area contributed by atoms with Crippen molar-refractivity contribution in [3.05, 3.63) is 53.3 Å². The van der Waals surface area contributed by atoms with E-state index in [1.165, 1.54) is 16.7 Å². The molecule has 1 fully saturated rings. The number of amides is 1. The summed E-state index contributed by atoms with van der Waals surface area (Å²) in [4.78, 5) is 16.5. The Kier molecular flexibility index (Phi) is 4.76. The highest BCUT2D eigenvalue weighted by atomic mass is 16.2. The van der Waals surface area contributed by atoms with Gasteiger partial charge in [0.1, 0.15) is 0 Å². The predicted molar refractivity (Wildman–Crippen MR) is 89.8 cm³/mol. The first-order valence-corrected chi connectivity index (χ1v) is 8.21. The molecule has 1 saturated heterocycles. The molecule has 0 atom stereocenters. The van der Waals surface area contributed by atoms with E-state index in [2.05, 4.69) is 54.3 Å². The molecule has 1 amide bonds. The molecule has 0 aliphatic carbocycles. The fraction of sp³-hybridized carbons (Fsp3) is 0.444. The van der Waals surface area contributed by atoms with Crippen LogP contribution in [0.3, 0.4) is 0 Å². The van der Waals surface area contributed by atoms with Crippen molar-refractivity contribution in [2.24, 2.45) is 0 Å². The van der Waals surface area contributed by atoms with Gasteiger partial charge in [-0.05, 0) is 19.4 Å². The van der Waals surface area contributed by atoms with E-state index < -0.39 is 0 Å². The van der Waals surface area contributed by atoms with Crippen LogP contribution in [-0.4, -0.2) is 45.1 Å². The summed E-state index contributed by atoms with van der Waals surface area (Å²) in [5.41, 5.74) is 3.62. The molecular weight excluding hydrogens is 288 g/mol. The minimum atomic E-state index is 0.208. The van der Waals surface area contributed by atoms with Gasteiger partial charge >= 0.3 is 0 Å². The van der Waals surface area contributed by atoms with Crippen LogP contribution >= 0.6 is 0 Å². The molecular formula is C18H24N4O. The molecule has 2 heterocycles. The van der Waals surface area contributed by atoms with Gasteiger partial charge in [-0.25, -0.2) is 0 Å². The predicted octanol–water partition coefficient (Wildman–Crippen LogP) is 2.06. The summed E-state index contributed by atoms with van der Waals surface area (Å²) in [6.45, 7) is 8.72. The smallest absolute Gasteiger partial charge is 0.237 e. The third kappa shape index (κ3) is 3.99. The minimum absolute atomic E-state index is 0.208. The molecule has 122 valence electrons. The highest BCUT2D eigenvalue weighted by molar-refractivity contribution is 5.79. The fourth-order valence-electron chi connectivity index (χ4n) is 2.89. The van der Waals surface area contributed by atoms with Gasteiger partial charge in [0.25, 0.3) is 0 Å². The second-order valence-corrected chi connectivity index (χ2v) is 6.22. The van der Waals surface area contributed by atoms with Crippen molar-refractivity contribution in [2.45, 2.75) is 33.5 Å². The topological polar surface area (TPSA) is 41.4 Å². The number of piperazine rings is 1. The molecule has 0 saturated carbocycles. The lowest BCUT2D eigenvalue weighted by atomic mass is 10.1. The van der Waals surface area contributed by atoms with Crippen LogP contribution in [0.25, 0.3) is 0 Å². The van der Waals surface area contributed by atoms with E-state index in [0.717, 1.165) is 26.2 Å². The van der Waals surface area contributed by atoms with Gasteiger partial charge in [-0.2, -0.15) is 5.10 Å². The zero-order valence-electron chi connectivity index (χ0n) is 13.9. The summed E-state index contributed by atoms with van der Waals surface area (Å²) >= 11 is 0. The monoisotopic (exact) mass is 312 g/mol. The van der Waals surface area contributed by atoms with E-state index in [1.54, 1.807) is 0 Å². The number of nitrogens with zero attached hydrogens (tertiary/aromatic N) is 4. The second kappa shape index (κ2) is 6.96. The Labute approximate surface area is 137 Å². The van der Waals surface area contributed by atoms with Gasteiger partial charge in [0.15, 0.2) is 0 Å². The molecule has 23 heavy (non-hydrogen) atoms. The van der Waals surface area contributed by atoms with Gasteiger partial charge in [-0.1, -0.05) is 29.8 Å². The average molecular weight is 312 g/mol. The van der Waals surface area contributed by atoms with E-state index >= 15 is 0 Å². The molecule has 0 radical (unpaired) electrons. The summed E-state index contributed by atoms with van der Waals surface area (Å²) in [6, 6.07) is 8.41. The molecule has 0 N–H and O–H groups in total. The Morgan fingerprint density at radius 3 is 2.52 bits per heavy atom. The van der Waals surface area contributed by atoms with Crippen LogP contribution in [-0.2, 0) is 24.4 Å². The van der Waals surface area contributed by atoms with E-state index in [0.29, 0.717) is 13.1 Å². The van der Waals surface area contributed by atoms with Gasteiger partial charge in [-0.3, -0.25) is 14.4 Å². The van der Waals surface area contributed by atoms with Gasteiger partial charge < -0.3 is 4.90 Å². The first-order valence-electron chi connectivity index (χ1n) is 8.21. The Hall–Kier alpha value is -2.14. The molecule has 5 nitrogen and oxygen atoms in total. The molecule has 0 spiro atoms. The lowest BCUT2D eigenvalue weighted by molar-refractivity contribution is -0.136. The van der Waals surface area contributed by atoms with Crippen molar-refractivity contribution >= 4 is 5.91 Å². The van der Waals surface area contributed by atoms with Crippen molar-refractivity contribution in [2.75, 3.05) is 19.6 Å².